The highest BCUT2D eigenvalue weighted by atomic mass is 32.2. The van der Waals surface area contributed by atoms with Gasteiger partial charge >= 0.3 is 6.01 Å². The number of aromatic nitrogens is 2. The number of anilines is 1. The molecule has 0 fully saturated rings. The van der Waals surface area contributed by atoms with Gasteiger partial charge < -0.3 is 18.6 Å². The van der Waals surface area contributed by atoms with Crippen LogP contribution >= 0.6 is 11.8 Å². The topological polar surface area (TPSA) is 95.7 Å². The normalized spacial score (nSPS) is 10.5. The van der Waals surface area contributed by atoms with Crippen LogP contribution in [0.2, 0.25) is 0 Å². The van der Waals surface area contributed by atoms with Crippen molar-refractivity contribution in [1.82, 2.24) is 10.2 Å². The first-order valence-corrected chi connectivity index (χ1v) is 9.87. The van der Waals surface area contributed by atoms with Crippen molar-refractivity contribution in [2.45, 2.75) is 11.3 Å². The smallest absolute Gasteiger partial charge is 0.322 e. The first-order chi connectivity index (χ1) is 14.1. The molecule has 0 bridgehead atoms. The molecular weight excluding hydrogens is 394 g/mol. The van der Waals surface area contributed by atoms with Crippen LogP contribution in [-0.4, -0.2) is 43.7 Å². The summed E-state index contributed by atoms with van der Waals surface area (Å²) in [6, 6.07) is 11.2. The molecule has 0 aliphatic carbocycles. The first-order valence-electron chi connectivity index (χ1n) is 8.64. The standard InChI is InChI=1S/C20H21N3O5S/c1-25-15-10-13(11-16(26-2)18(15)27-3)19-22-23-20(28-19)21-17(24)9-12-5-7-14(29-4)8-6-12/h5-8,10-11H,9H2,1-4H3,(H,21,23,24). The molecule has 9 heteroatoms. The zero-order valence-corrected chi connectivity index (χ0v) is 17.3. The fourth-order valence-corrected chi connectivity index (χ4v) is 3.10. The quantitative estimate of drug-likeness (QED) is 0.557. The average Bonchev–Trinajstić information content (AvgIpc) is 3.21. The van der Waals surface area contributed by atoms with Crippen molar-refractivity contribution in [3.63, 3.8) is 0 Å². The molecule has 0 saturated carbocycles. The van der Waals surface area contributed by atoms with Crippen LogP contribution in [0.3, 0.4) is 0 Å². The number of hydrogen-bond acceptors (Lipinski definition) is 8. The van der Waals surface area contributed by atoms with E-state index in [9.17, 15) is 4.79 Å². The summed E-state index contributed by atoms with van der Waals surface area (Å²) < 4.78 is 21.5. The Morgan fingerprint density at radius 2 is 1.69 bits per heavy atom. The molecule has 0 aliphatic rings. The van der Waals surface area contributed by atoms with Crippen LogP contribution in [0.1, 0.15) is 5.56 Å². The van der Waals surface area contributed by atoms with Crippen molar-refractivity contribution >= 4 is 23.7 Å². The maximum atomic E-state index is 12.3. The van der Waals surface area contributed by atoms with E-state index in [2.05, 4.69) is 15.5 Å². The van der Waals surface area contributed by atoms with E-state index in [-0.39, 0.29) is 24.2 Å². The third-order valence-electron chi connectivity index (χ3n) is 4.11. The van der Waals surface area contributed by atoms with Gasteiger partial charge in [0.25, 0.3) is 0 Å². The van der Waals surface area contributed by atoms with Gasteiger partial charge in [0.15, 0.2) is 11.5 Å². The number of amides is 1. The molecule has 8 nitrogen and oxygen atoms in total. The second kappa shape index (κ2) is 9.33. The molecule has 0 radical (unpaired) electrons. The van der Waals surface area contributed by atoms with Crippen LogP contribution in [0.4, 0.5) is 6.01 Å². The molecule has 152 valence electrons. The lowest BCUT2D eigenvalue weighted by molar-refractivity contribution is -0.115. The van der Waals surface area contributed by atoms with Crippen LogP contribution in [0.5, 0.6) is 17.2 Å². The lowest BCUT2D eigenvalue weighted by atomic mass is 10.1. The molecule has 2 aromatic carbocycles. The van der Waals surface area contributed by atoms with Gasteiger partial charge in [0.1, 0.15) is 0 Å². The average molecular weight is 415 g/mol. The number of nitrogens with one attached hydrogen (secondary N) is 1. The largest absolute Gasteiger partial charge is 0.493 e. The van der Waals surface area contributed by atoms with Crippen molar-refractivity contribution in [2.24, 2.45) is 0 Å². The van der Waals surface area contributed by atoms with Crippen molar-refractivity contribution in [1.29, 1.82) is 0 Å². The van der Waals surface area contributed by atoms with E-state index in [0.717, 1.165) is 10.5 Å². The van der Waals surface area contributed by atoms with Gasteiger partial charge in [-0.05, 0) is 36.1 Å². The van der Waals surface area contributed by atoms with Gasteiger partial charge in [-0.1, -0.05) is 17.2 Å². The summed E-state index contributed by atoms with van der Waals surface area (Å²) in [5.41, 5.74) is 1.46. The monoisotopic (exact) mass is 415 g/mol. The summed E-state index contributed by atoms with van der Waals surface area (Å²) in [5.74, 6) is 1.34. The van der Waals surface area contributed by atoms with Crippen LogP contribution in [0.15, 0.2) is 45.7 Å². The number of rotatable bonds is 8. The lowest BCUT2D eigenvalue weighted by Gasteiger charge is -2.12. The number of hydrogen-bond donors (Lipinski definition) is 1. The van der Waals surface area contributed by atoms with E-state index in [1.165, 1.54) is 21.3 Å². The molecule has 1 amide bonds. The van der Waals surface area contributed by atoms with Crippen molar-refractivity contribution in [3.05, 3.63) is 42.0 Å². The summed E-state index contributed by atoms with van der Waals surface area (Å²) in [6.07, 6.45) is 2.21. The molecule has 3 aromatic rings. The van der Waals surface area contributed by atoms with Gasteiger partial charge in [0.2, 0.25) is 17.5 Å². The van der Waals surface area contributed by atoms with Crippen molar-refractivity contribution in [2.75, 3.05) is 32.9 Å². The Kier molecular flexibility index (Phi) is 6.61. The summed E-state index contributed by atoms with van der Waals surface area (Å²) >= 11 is 1.65. The highest BCUT2D eigenvalue weighted by molar-refractivity contribution is 7.98. The van der Waals surface area contributed by atoms with Gasteiger partial charge in [0.05, 0.1) is 27.8 Å². The van der Waals surface area contributed by atoms with Crippen molar-refractivity contribution in [3.8, 4) is 28.7 Å². The van der Waals surface area contributed by atoms with E-state index >= 15 is 0 Å². The molecule has 0 saturated heterocycles. The molecule has 1 heterocycles. The fraction of sp³-hybridized carbons (Fsp3) is 0.250. The Morgan fingerprint density at radius 3 is 2.24 bits per heavy atom. The summed E-state index contributed by atoms with van der Waals surface area (Å²) in [6.45, 7) is 0. The maximum Gasteiger partial charge on any atom is 0.322 e. The van der Waals surface area contributed by atoms with E-state index in [1.54, 1.807) is 23.9 Å². The highest BCUT2D eigenvalue weighted by Crippen LogP contribution is 2.41. The summed E-state index contributed by atoms with van der Waals surface area (Å²) in [7, 11) is 4.56. The predicted molar refractivity (Wildman–Crippen MR) is 110 cm³/mol. The minimum atomic E-state index is -0.248. The van der Waals surface area contributed by atoms with E-state index in [4.69, 9.17) is 18.6 Å². The third kappa shape index (κ3) is 4.80. The molecular formula is C20H21N3O5S. The molecule has 1 N–H and O–H groups in total. The number of carbonyl (C=O) groups is 1. The number of nitrogens with zero attached hydrogens (tertiary/aromatic N) is 2. The van der Waals surface area contributed by atoms with Crippen LogP contribution in [-0.2, 0) is 11.2 Å². The van der Waals surface area contributed by atoms with Gasteiger partial charge in [-0.25, -0.2) is 0 Å². The Balaban J connectivity index is 1.74. The zero-order chi connectivity index (χ0) is 20.8. The third-order valence-corrected chi connectivity index (χ3v) is 4.85. The Morgan fingerprint density at radius 1 is 1.03 bits per heavy atom. The number of ether oxygens (including phenoxy) is 3. The summed E-state index contributed by atoms with van der Waals surface area (Å²) in [5, 5.41) is 10.5. The molecule has 0 unspecified atom stereocenters. The zero-order valence-electron chi connectivity index (χ0n) is 16.5. The van der Waals surface area contributed by atoms with Gasteiger partial charge in [-0.3, -0.25) is 10.1 Å². The van der Waals surface area contributed by atoms with Crippen LogP contribution < -0.4 is 19.5 Å². The highest BCUT2D eigenvalue weighted by Gasteiger charge is 2.18. The molecule has 0 atom stereocenters. The van der Waals surface area contributed by atoms with E-state index < -0.39 is 0 Å². The van der Waals surface area contributed by atoms with Gasteiger partial charge in [-0.15, -0.1) is 16.9 Å². The van der Waals surface area contributed by atoms with Gasteiger partial charge in [-0.2, -0.15) is 0 Å². The molecule has 0 aliphatic heterocycles. The Labute approximate surface area is 172 Å². The molecule has 1 aromatic heterocycles. The second-order valence-electron chi connectivity index (χ2n) is 5.90. The maximum absolute atomic E-state index is 12.3. The SMILES string of the molecule is COc1cc(-c2nnc(NC(=O)Cc3ccc(SC)cc3)o2)cc(OC)c1OC. The fourth-order valence-electron chi connectivity index (χ4n) is 2.69. The minimum Gasteiger partial charge on any atom is -0.493 e. The predicted octanol–water partition coefficient (Wildman–Crippen LogP) is 3.67. The summed E-state index contributed by atoms with van der Waals surface area (Å²) in [4.78, 5) is 13.4. The first kappa shape index (κ1) is 20.5. The van der Waals surface area contributed by atoms with E-state index in [0.29, 0.717) is 22.8 Å². The lowest BCUT2D eigenvalue weighted by Crippen LogP contribution is -2.14. The Hall–Kier alpha value is -3.20. The van der Waals surface area contributed by atoms with E-state index in [1.807, 2.05) is 30.5 Å². The Bertz CT molecular complexity index is 963. The van der Waals surface area contributed by atoms with Crippen LogP contribution in [0.25, 0.3) is 11.5 Å². The second-order valence-corrected chi connectivity index (χ2v) is 6.78. The molecule has 29 heavy (non-hydrogen) atoms. The van der Waals surface area contributed by atoms with Crippen LogP contribution in [0, 0.1) is 0 Å². The number of carbonyl (C=O) groups excluding carboxylic acids is 1. The number of thioether (sulfide) groups is 1. The molecule has 3 rings (SSSR count). The molecule has 0 spiro atoms. The van der Waals surface area contributed by atoms with Crippen molar-refractivity contribution < 1.29 is 23.4 Å². The number of methoxy groups -OCH3 is 3. The minimum absolute atomic E-state index is 0.0134. The van der Waals surface area contributed by atoms with Gasteiger partial charge in [0, 0.05) is 10.5 Å². The number of benzene rings is 2.